The van der Waals surface area contributed by atoms with Crippen molar-refractivity contribution in [3.05, 3.63) is 57.3 Å². The lowest BCUT2D eigenvalue weighted by atomic mass is 10.2. The van der Waals surface area contributed by atoms with Crippen LogP contribution in [-0.4, -0.2) is 17.0 Å². The van der Waals surface area contributed by atoms with Gasteiger partial charge in [-0.05, 0) is 43.2 Å². The number of carboxylic acid groups (broad SMARTS) is 1. The highest BCUT2D eigenvalue weighted by Gasteiger charge is 2.12. The van der Waals surface area contributed by atoms with Gasteiger partial charge >= 0.3 is 5.97 Å². The van der Waals surface area contributed by atoms with Gasteiger partial charge < -0.3 is 10.4 Å². The van der Waals surface area contributed by atoms with Crippen LogP contribution in [0.5, 0.6) is 0 Å². The van der Waals surface area contributed by atoms with E-state index in [0.717, 1.165) is 27.8 Å². The number of nitrogens with one attached hydrogen (secondary N) is 1. The zero-order chi connectivity index (χ0) is 15.4. The van der Waals surface area contributed by atoms with Crippen LogP contribution in [0.2, 0.25) is 0 Å². The Balaban J connectivity index is 2.19. The molecule has 0 aliphatic heterocycles. The molecule has 0 fully saturated rings. The van der Waals surface area contributed by atoms with E-state index in [1.54, 1.807) is 6.07 Å². The molecule has 2 aromatic rings. The maximum atomic E-state index is 12.2. The van der Waals surface area contributed by atoms with E-state index in [0.29, 0.717) is 4.88 Å². The number of para-hydroxylation sites is 1. The molecule has 0 saturated heterocycles. The van der Waals surface area contributed by atoms with Gasteiger partial charge in [-0.1, -0.05) is 18.2 Å². The van der Waals surface area contributed by atoms with E-state index < -0.39 is 5.97 Å². The first-order chi connectivity index (χ1) is 9.97. The molecule has 1 heterocycles. The molecule has 1 aromatic carbocycles. The standard InChI is InChI=1S/C16H15NO3S/c1-10-5-3-4-6-12(10)17-16(20)14-9-11(2)13(21-14)7-8-15(18)19/h3-9H,1-2H3,(H,17,20)(H,18,19)/b8-7+. The topological polar surface area (TPSA) is 66.4 Å². The van der Waals surface area contributed by atoms with Crippen molar-refractivity contribution in [3.8, 4) is 0 Å². The third kappa shape index (κ3) is 3.79. The van der Waals surface area contributed by atoms with Crippen LogP contribution in [0.1, 0.15) is 25.7 Å². The van der Waals surface area contributed by atoms with E-state index in [-0.39, 0.29) is 5.91 Å². The van der Waals surface area contributed by atoms with Gasteiger partial charge in [0.2, 0.25) is 0 Å². The molecule has 0 atom stereocenters. The number of hydrogen-bond acceptors (Lipinski definition) is 3. The Kier molecular flexibility index (Phi) is 4.55. The first-order valence-electron chi connectivity index (χ1n) is 6.36. The van der Waals surface area contributed by atoms with Crippen LogP contribution in [0.3, 0.4) is 0 Å². The molecule has 0 saturated carbocycles. The summed E-state index contributed by atoms with van der Waals surface area (Å²) < 4.78 is 0. The Morgan fingerprint density at radius 2 is 1.90 bits per heavy atom. The number of thiophene rings is 1. The minimum Gasteiger partial charge on any atom is -0.478 e. The second kappa shape index (κ2) is 6.37. The highest BCUT2D eigenvalue weighted by Crippen LogP contribution is 2.24. The Labute approximate surface area is 126 Å². The molecule has 4 nitrogen and oxygen atoms in total. The summed E-state index contributed by atoms with van der Waals surface area (Å²) >= 11 is 1.27. The lowest BCUT2D eigenvalue weighted by Gasteiger charge is -2.06. The summed E-state index contributed by atoms with van der Waals surface area (Å²) in [6.07, 6.45) is 2.58. The molecule has 108 valence electrons. The van der Waals surface area contributed by atoms with Gasteiger partial charge in [0.05, 0.1) is 4.88 Å². The summed E-state index contributed by atoms with van der Waals surface area (Å²) in [7, 11) is 0. The second-order valence-corrected chi connectivity index (χ2v) is 5.68. The molecule has 5 heteroatoms. The molecular formula is C16H15NO3S. The van der Waals surface area contributed by atoms with Crippen LogP contribution in [0.25, 0.3) is 6.08 Å². The van der Waals surface area contributed by atoms with Crippen LogP contribution >= 0.6 is 11.3 Å². The molecule has 0 spiro atoms. The molecule has 0 bridgehead atoms. The average Bonchev–Trinajstić information content (AvgIpc) is 2.80. The third-order valence-corrected chi connectivity index (χ3v) is 4.15. The van der Waals surface area contributed by atoms with Crippen molar-refractivity contribution in [1.82, 2.24) is 0 Å². The van der Waals surface area contributed by atoms with Gasteiger partial charge in [-0.25, -0.2) is 4.79 Å². The molecule has 0 aliphatic carbocycles. The maximum absolute atomic E-state index is 12.2. The largest absolute Gasteiger partial charge is 0.478 e. The van der Waals surface area contributed by atoms with Crippen molar-refractivity contribution in [1.29, 1.82) is 0 Å². The number of hydrogen-bond donors (Lipinski definition) is 2. The van der Waals surface area contributed by atoms with Crippen molar-refractivity contribution in [2.45, 2.75) is 13.8 Å². The summed E-state index contributed by atoms with van der Waals surface area (Å²) in [6.45, 7) is 3.78. The van der Waals surface area contributed by atoms with Crippen LogP contribution in [-0.2, 0) is 4.79 Å². The van der Waals surface area contributed by atoms with Crippen molar-refractivity contribution in [3.63, 3.8) is 0 Å². The van der Waals surface area contributed by atoms with E-state index in [2.05, 4.69) is 5.32 Å². The fourth-order valence-corrected chi connectivity index (χ4v) is 2.79. The number of carboxylic acids is 1. The van der Waals surface area contributed by atoms with Gasteiger partial charge in [0.15, 0.2) is 0 Å². The highest BCUT2D eigenvalue weighted by atomic mass is 32.1. The SMILES string of the molecule is Cc1ccccc1NC(=O)c1cc(C)c(/C=C/C(=O)O)s1. The van der Waals surface area contributed by atoms with Crippen molar-refractivity contribution in [2.24, 2.45) is 0 Å². The van der Waals surface area contributed by atoms with Crippen molar-refractivity contribution in [2.75, 3.05) is 5.32 Å². The number of aryl methyl sites for hydroxylation is 2. The molecule has 1 amide bonds. The van der Waals surface area contributed by atoms with E-state index in [9.17, 15) is 9.59 Å². The predicted octanol–water partition coefficient (Wildman–Crippen LogP) is 3.72. The molecule has 2 N–H and O–H groups in total. The van der Waals surface area contributed by atoms with Crippen molar-refractivity contribution >= 4 is 35.0 Å². The number of carbonyl (C=O) groups is 2. The first-order valence-corrected chi connectivity index (χ1v) is 7.17. The summed E-state index contributed by atoms with van der Waals surface area (Å²) in [4.78, 5) is 24.1. The fraction of sp³-hybridized carbons (Fsp3) is 0.125. The molecule has 21 heavy (non-hydrogen) atoms. The smallest absolute Gasteiger partial charge is 0.328 e. The Bertz CT molecular complexity index is 716. The maximum Gasteiger partial charge on any atom is 0.328 e. The minimum atomic E-state index is -1.01. The van der Waals surface area contributed by atoms with Crippen molar-refractivity contribution < 1.29 is 14.7 Å². The number of aliphatic carboxylic acids is 1. The number of rotatable bonds is 4. The normalized spacial score (nSPS) is 10.8. The summed E-state index contributed by atoms with van der Waals surface area (Å²) in [6, 6.07) is 9.31. The van der Waals surface area contributed by atoms with Crippen LogP contribution < -0.4 is 5.32 Å². The van der Waals surface area contributed by atoms with E-state index in [1.165, 1.54) is 17.4 Å². The van der Waals surface area contributed by atoms with Gasteiger partial charge in [0.25, 0.3) is 5.91 Å². The Hall–Kier alpha value is -2.40. The molecule has 0 aliphatic rings. The van der Waals surface area contributed by atoms with Gasteiger partial charge in [0, 0.05) is 16.6 Å². The molecular weight excluding hydrogens is 286 g/mol. The monoisotopic (exact) mass is 301 g/mol. The second-order valence-electron chi connectivity index (χ2n) is 4.60. The number of carbonyl (C=O) groups excluding carboxylic acids is 1. The quantitative estimate of drug-likeness (QED) is 0.846. The number of anilines is 1. The van der Waals surface area contributed by atoms with E-state index >= 15 is 0 Å². The number of amides is 1. The van der Waals surface area contributed by atoms with Crippen LogP contribution in [0.4, 0.5) is 5.69 Å². The van der Waals surface area contributed by atoms with Gasteiger partial charge in [-0.3, -0.25) is 4.79 Å². The summed E-state index contributed by atoms with van der Waals surface area (Å²) in [5.41, 5.74) is 2.65. The molecule has 0 unspecified atom stereocenters. The van der Waals surface area contributed by atoms with E-state index in [1.807, 2.05) is 38.1 Å². The molecule has 2 rings (SSSR count). The van der Waals surface area contributed by atoms with E-state index in [4.69, 9.17) is 5.11 Å². The zero-order valence-electron chi connectivity index (χ0n) is 11.7. The first kappa shape index (κ1) is 15.0. The van der Waals surface area contributed by atoms with Gasteiger partial charge in [-0.15, -0.1) is 11.3 Å². The zero-order valence-corrected chi connectivity index (χ0v) is 12.5. The lowest BCUT2D eigenvalue weighted by Crippen LogP contribution is -2.10. The highest BCUT2D eigenvalue weighted by molar-refractivity contribution is 7.15. The van der Waals surface area contributed by atoms with Crippen LogP contribution in [0.15, 0.2) is 36.4 Å². The third-order valence-electron chi connectivity index (χ3n) is 2.95. The Morgan fingerprint density at radius 1 is 1.19 bits per heavy atom. The van der Waals surface area contributed by atoms with Gasteiger partial charge in [0.1, 0.15) is 0 Å². The molecule has 0 radical (unpaired) electrons. The lowest BCUT2D eigenvalue weighted by molar-refractivity contribution is -0.131. The minimum absolute atomic E-state index is 0.188. The predicted molar refractivity (Wildman–Crippen MR) is 84.9 cm³/mol. The Morgan fingerprint density at radius 3 is 2.57 bits per heavy atom. The summed E-state index contributed by atoms with van der Waals surface area (Å²) in [5.74, 6) is -1.19. The van der Waals surface area contributed by atoms with Gasteiger partial charge in [-0.2, -0.15) is 0 Å². The summed E-state index contributed by atoms with van der Waals surface area (Å²) in [5, 5.41) is 11.5. The fourth-order valence-electron chi connectivity index (χ4n) is 1.82. The average molecular weight is 301 g/mol. The molecule has 1 aromatic heterocycles. The van der Waals surface area contributed by atoms with Crippen LogP contribution in [0, 0.1) is 13.8 Å². The number of benzene rings is 1.